The van der Waals surface area contributed by atoms with Crippen LogP contribution in [0.1, 0.15) is 18.1 Å². The second-order valence-corrected chi connectivity index (χ2v) is 7.60. The van der Waals surface area contributed by atoms with Gasteiger partial charge in [0.1, 0.15) is 10.1 Å². The Balaban J connectivity index is 1.71. The quantitative estimate of drug-likeness (QED) is 0.586. The summed E-state index contributed by atoms with van der Waals surface area (Å²) in [5.74, 6) is -0.687. The van der Waals surface area contributed by atoms with E-state index in [0.29, 0.717) is 21.5 Å². The summed E-state index contributed by atoms with van der Waals surface area (Å²) in [6.45, 7) is 1.91. The molecule has 0 spiro atoms. The smallest absolute Gasteiger partial charge is 0.344 e. The molecule has 1 saturated heterocycles. The molecule has 0 bridgehead atoms. The highest BCUT2D eigenvalue weighted by Crippen LogP contribution is 2.33. The first-order valence-corrected chi connectivity index (χ1v) is 9.45. The molecule has 0 radical (unpaired) electrons. The van der Waals surface area contributed by atoms with E-state index in [-0.39, 0.29) is 5.91 Å². The number of aliphatic carboxylic acids is 1. The van der Waals surface area contributed by atoms with Crippen LogP contribution < -0.4 is 4.74 Å². The van der Waals surface area contributed by atoms with Crippen molar-refractivity contribution in [2.24, 2.45) is 0 Å². The van der Waals surface area contributed by atoms with Crippen molar-refractivity contribution in [1.29, 1.82) is 0 Å². The van der Waals surface area contributed by atoms with E-state index in [9.17, 15) is 9.59 Å². The number of thioether (sulfide) groups is 1. The molecular formula is C20H17NO4S2. The fourth-order valence-corrected chi connectivity index (χ4v) is 3.71. The Kier molecular flexibility index (Phi) is 5.93. The van der Waals surface area contributed by atoms with Gasteiger partial charge in [-0.3, -0.25) is 9.69 Å². The standard InChI is InChI=1S/C20H17NO4S2/c1-13(19(23)24)25-16-9-7-14(8-10-16)11-17-18(22)21(20(26)27-17)12-15-5-3-2-4-6-15/h2-11,13H,12H2,1H3,(H,23,24)/b17-11+. The Bertz CT molecular complexity index is 894. The number of ether oxygens (including phenoxy) is 1. The summed E-state index contributed by atoms with van der Waals surface area (Å²) >= 11 is 6.63. The summed E-state index contributed by atoms with van der Waals surface area (Å²) in [7, 11) is 0. The van der Waals surface area contributed by atoms with Crippen molar-refractivity contribution in [2.45, 2.75) is 19.6 Å². The van der Waals surface area contributed by atoms with Gasteiger partial charge in [-0.15, -0.1) is 0 Å². The van der Waals surface area contributed by atoms with Crippen LogP contribution in [0.4, 0.5) is 0 Å². The molecule has 1 atom stereocenters. The largest absolute Gasteiger partial charge is 0.479 e. The molecule has 1 N–H and O–H groups in total. The number of thiocarbonyl (C=S) groups is 1. The van der Waals surface area contributed by atoms with E-state index in [4.69, 9.17) is 22.1 Å². The van der Waals surface area contributed by atoms with Gasteiger partial charge in [0.05, 0.1) is 11.4 Å². The lowest BCUT2D eigenvalue weighted by molar-refractivity contribution is -0.144. The number of carbonyl (C=O) groups is 2. The summed E-state index contributed by atoms with van der Waals surface area (Å²) in [5, 5.41) is 8.88. The Morgan fingerprint density at radius 1 is 1.22 bits per heavy atom. The average molecular weight is 399 g/mol. The van der Waals surface area contributed by atoms with Crippen molar-refractivity contribution >= 4 is 46.3 Å². The zero-order chi connectivity index (χ0) is 19.4. The van der Waals surface area contributed by atoms with Gasteiger partial charge >= 0.3 is 5.97 Å². The number of carboxylic acid groups (broad SMARTS) is 1. The predicted octanol–water partition coefficient (Wildman–Crippen LogP) is 3.94. The molecule has 0 aliphatic carbocycles. The van der Waals surface area contributed by atoms with Crippen molar-refractivity contribution in [1.82, 2.24) is 4.90 Å². The van der Waals surface area contributed by atoms with Crippen LogP contribution in [-0.2, 0) is 16.1 Å². The summed E-state index contributed by atoms with van der Waals surface area (Å²) in [4.78, 5) is 25.7. The maximum Gasteiger partial charge on any atom is 0.344 e. The number of nitrogens with zero attached hydrogens (tertiary/aromatic N) is 1. The van der Waals surface area contributed by atoms with Gasteiger partial charge in [-0.2, -0.15) is 0 Å². The zero-order valence-corrected chi connectivity index (χ0v) is 16.1. The molecule has 3 rings (SSSR count). The number of carbonyl (C=O) groups excluding carboxylic acids is 1. The van der Waals surface area contributed by atoms with Gasteiger partial charge in [0.2, 0.25) is 0 Å². The highest BCUT2D eigenvalue weighted by molar-refractivity contribution is 8.26. The number of rotatable bonds is 6. The van der Waals surface area contributed by atoms with E-state index < -0.39 is 12.1 Å². The monoisotopic (exact) mass is 399 g/mol. The molecule has 1 aliphatic heterocycles. The summed E-state index contributed by atoms with van der Waals surface area (Å²) in [6, 6.07) is 16.6. The SMILES string of the molecule is CC(Oc1ccc(/C=C2/SC(=S)N(Cc3ccccc3)C2=O)cc1)C(=O)O. The second kappa shape index (κ2) is 8.37. The van der Waals surface area contributed by atoms with Gasteiger partial charge in [-0.25, -0.2) is 4.79 Å². The van der Waals surface area contributed by atoms with Crippen LogP contribution in [0.15, 0.2) is 59.5 Å². The van der Waals surface area contributed by atoms with Crippen LogP contribution in [0, 0.1) is 0 Å². The van der Waals surface area contributed by atoms with Gasteiger partial charge in [0.15, 0.2) is 6.10 Å². The summed E-state index contributed by atoms with van der Waals surface area (Å²) in [6.07, 6.45) is 0.847. The van der Waals surface area contributed by atoms with Crippen LogP contribution in [0.3, 0.4) is 0 Å². The molecule has 7 heteroatoms. The van der Waals surface area contributed by atoms with Gasteiger partial charge in [-0.05, 0) is 36.3 Å². The molecule has 138 valence electrons. The molecule has 0 aromatic heterocycles. The Morgan fingerprint density at radius 3 is 2.52 bits per heavy atom. The number of hydrogen-bond donors (Lipinski definition) is 1. The molecule has 27 heavy (non-hydrogen) atoms. The third kappa shape index (κ3) is 4.75. The highest BCUT2D eigenvalue weighted by atomic mass is 32.2. The topological polar surface area (TPSA) is 66.8 Å². The van der Waals surface area contributed by atoms with E-state index in [1.165, 1.54) is 18.7 Å². The van der Waals surface area contributed by atoms with E-state index in [0.717, 1.165) is 11.1 Å². The first kappa shape index (κ1) is 19.1. The fraction of sp³-hybridized carbons (Fsp3) is 0.150. The maximum atomic E-state index is 12.7. The molecule has 5 nitrogen and oxygen atoms in total. The lowest BCUT2D eigenvalue weighted by Gasteiger charge is -2.14. The normalized spacial score (nSPS) is 16.6. The summed E-state index contributed by atoms with van der Waals surface area (Å²) < 4.78 is 5.83. The van der Waals surface area contributed by atoms with Crippen molar-refractivity contribution in [3.05, 3.63) is 70.6 Å². The minimum Gasteiger partial charge on any atom is -0.479 e. The molecule has 2 aromatic carbocycles. The van der Waals surface area contributed by atoms with Crippen LogP contribution in [0.5, 0.6) is 5.75 Å². The van der Waals surface area contributed by atoms with E-state index >= 15 is 0 Å². The van der Waals surface area contributed by atoms with E-state index in [2.05, 4.69) is 0 Å². The second-order valence-electron chi connectivity index (χ2n) is 5.92. The third-order valence-electron chi connectivity index (χ3n) is 3.90. The lowest BCUT2D eigenvalue weighted by Crippen LogP contribution is -2.27. The van der Waals surface area contributed by atoms with Crippen molar-refractivity contribution in [3.8, 4) is 5.75 Å². The number of benzene rings is 2. The Morgan fingerprint density at radius 2 is 1.89 bits per heavy atom. The number of carboxylic acids is 1. The Hall–Kier alpha value is -2.64. The van der Waals surface area contributed by atoms with Crippen LogP contribution in [0.25, 0.3) is 6.08 Å². The molecule has 2 aromatic rings. The highest BCUT2D eigenvalue weighted by Gasteiger charge is 2.31. The molecule has 1 heterocycles. The van der Waals surface area contributed by atoms with E-state index in [1.807, 2.05) is 30.3 Å². The van der Waals surface area contributed by atoms with Crippen molar-refractivity contribution in [2.75, 3.05) is 0 Å². The molecular weight excluding hydrogens is 382 g/mol. The van der Waals surface area contributed by atoms with Gasteiger partial charge in [0, 0.05) is 0 Å². The zero-order valence-electron chi connectivity index (χ0n) is 14.5. The lowest BCUT2D eigenvalue weighted by atomic mass is 10.2. The van der Waals surface area contributed by atoms with Crippen molar-refractivity contribution in [3.63, 3.8) is 0 Å². The van der Waals surface area contributed by atoms with Gasteiger partial charge in [0.25, 0.3) is 5.91 Å². The van der Waals surface area contributed by atoms with Crippen LogP contribution in [0.2, 0.25) is 0 Å². The van der Waals surface area contributed by atoms with Gasteiger partial charge in [-0.1, -0.05) is 66.4 Å². The number of amides is 1. The van der Waals surface area contributed by atoms with Crippen LogP contribution >= 0.6 is 24.0 Å². The Labute approximate surface area is 166 Å². The van der Waals surface area contributed by atoms with Gasteiger partial charge < -0.3 is 9.84 Å². The molecule has 1 unspecified atom stereocenters. The summed E-state index contributed by atoms with van der Waals surface area (Å²) in [5.41, 5.74) is 1.83. The molecule has 1 fully saturated rings. The number of hydrogen-bond acceptors (Lipinski definition) is 5. The van der Waals surface area contributed by atoms with Crippen molar-refractivity contribution < 1.29 is 19.4 Å². The predicted molar refractivity (Wildman–Crippen MR) is 109 cm³/mol. The maximum absolute atomic E-state index is 12.7. The molecule has 0 saturated carbocycles. The first-order valence-electron chi connectivity index (χ1n) is 8.23. The minimum atomic E-state index is -1.03. The van der Waals surface area contributed by atoms with E-state index in [1.54, 1.807) is 35.2 Å². The minimum absolute atomic E-state index is 0.117. The average Bonchev–Trinajstić information content (AvgIpc) is 2.91. The first-order chi connectivity index (χ1) is 12.9. The van der Waals surface area contributed by atoms with Crippen LogP contribution in [-0.4, -0.2) is 32.3 Å². The molecule has 1 amide bonds. The molecule has 1 aliphatic rings. The third-order valence-corrected chi connectivity index (χ3v) is 5.27. The fourth-order valence-electron chi connectivity index (χ4n) is 2.45.